The highest BCUT2D eigenvalue weighted by Crippen LogP contribution is 2.25. The predicted molar refractivity (Wildman–Crippen MR) is 32.2 cm³/mol. The van der Waals surface area contributed by atoms with E-state index in [2.05, 4.69) is 4.74 Å². The van der Waals surface area contributed by atoms with Gasteiger partial charge in [-0.3, -0.25) is 0 Å². The van der Waals surface area contributed by atoms with Crippen LogP contribution in [0.4, 0.5) is 0 Å². The van der Waals surface area contributed by atoms with Crippen molar-refractivity contribution >= 4 is 0 Å². The SMILES string of the molecule is COCOC[C@]1(C)CO1. The molecule has 0 amide bonds. The molecule has 3 nitrogen and oxygen atoms in total. The van der Waals surface area contributed by atoms with E-state index in [0.717, 1.165) is 6.61 Å². The summed E-state index contributed by atoms with van der Waals surface area (Å²) in [5.41, 5.74) is -0.00146. The van der Waals surface area contributed by atoms with Crippen molar-refractivity contribution in [2.45, 2.75) is 12.5 Å². The second-order valence-corrected chi connectivity index (χ2v) is 2.49. The summed E-state index contributed by atoms with van der Waals surface area (Å²) < 4.78 is 14.8. The molecule has 0 radical (unpaired) electrons. The van der Waals surface area contributed by atoms with E-state index in [1.807, 2.05) is 6.92 Å². The quantitative estimate of drug-likeness (QED) is 0.315. The molecule has 1 heterocycles. The highest BCUT2D eigenvalue weighted by atomic mass is 16.7. The van der Waals surface area contributed by atoms with Crippen molar-refractivity contribution in [1.82, 2.24) is 0 Å². The molecule has 0 saturated carbocycles. The first kappa shape index (κ1) is 6.99. The van der Waals surface area contributed by atoms with Crippen LogP contribution < -0.4 is 0 Å². The number of epoxide rings is 1. The van der Waals surface area contributed by atoms with E-state index in [1.165, 1.54) is 0 Å². The maximum absolute atomic E-state index is 5.06. The molecule has 0 spiro atoms. The Morgan fingerprint density at radius 2 is 2.33 bits per heavy atom. The van der Waals surface area contributed by atoms with Gasteiger partial charge in [-0.15, -0.1) is 0 Å². The lowest BCUT2D eigenvalue weighted by atomic mass is 10.2. The Bertz CT molecular complexity index is 88.3. The van der Waals surface area contributed by atoms with Crippen molar-refractivity contribution in [1.29, 1.82) is 0 Å². The molecule has 0 aromatic rings. The van der Waals surface area contributed by atoms with Crippen molar-refractivity contribution in [3.8, 4) is 0 Å². The summed E-state index contributed by atoms with van der Waals surface area (Å²) in [7, 11) is 1.61. The van der Waals surface area contributed by atoms with Crippen LogP contribution in [-0.2, 0) is 14.2 Å². The molecule has 0 aromatic heterocycles. The number of hydrogen-bond acceptors (Lipinski definition) is 3. The molecule has 0 bridgehead atoms. The Kier molecular flexibility index (Phi) is 2.05. The fourth-order valence-corrected chi connectivity index (χ4v) is 0.547. The smallest absolute Gasteiger partial charge is 0.146 e. The highest BCUT2D eigenvalue weighted by Gasteiger charge is 2.39. The molecule has 0 aromatic carbocycles. The summed E-state index contributed by atoms with van der Waals surface area (Å²) in [6.07, 6.45) is 0. The van der Waals surface area contributed by atoms with Crippen molar-refractivity contribution < 1.29 is 14.2 Å². The second kappa shape index (κ2) is 2.64. The average Bonchev–Trinajstić information content (AvgIpc) is 2.50. The monoisotopic (exact) mass is 132 g/mol. The normalized spacial score (nSPS) is 32.7. The molecule has 1 fully saturated rings. The van der Waals surface area contributed by atoms with Gasteiger partial charge in [-0.1, -0.05) is 0 Å². The molecule has 54 valence electrons. The van der Waals surface area contributed by atoms with E-state index in [1.54, 1.807) is 7.11 Å². The van der Waals surface area contributed by atoms with Gasteiger partial charge in [0.05, 0.1) is 13.2 Å². The minimum absolute atomic E-state index is 0.00146. The Morgan fingerprint density at radius 3 is 2.78 bits per heavy atom. The Morgan fingerprint density at radius 1 is 1.67 bits per heavy atom. The molecule has 0 aliphatic carbocycles. The predicted octanol–water partition coefficient (Wildman–Crippen LogP) is 0.396. The summed E-state index contributed by atoms with van der Waals surface area (Å²) >= 11 is 0. The van der Waals surface area contributed by atoms with Crippen molar-refractivity contribution in [2.24, 2.45) is 0 Å². The molecule has 3 heteroatoms. The third kappa shape index (κ3) is 2.30. The summed E-state index contributed by atoms with van der Waals surface area (Å²) in [5.74, 6) is 0. The summed E-state index contributed by atoms with van der Waals surface area (Å²) in [6, 6.07) is 0. The third-order valence-corrected chi connectivity index (χ3v) is 1.25. The van der Waals surface area contributed by atoms with Crippen LogP contribution in [-0.4, -0.2) is 32.7 Å². The molecule has 0 N–H and O–H groups in total. The highest BCUT2D eigenvalue weighted by molar-refractivity contribution is 4.86. The Balaban J connectivity index is 1.92. The van der Waals surface area contributed by atoms with Crippen LogP contribution in [0.25, 0.3) is 0 Å². The zero-order chi connectivity index (χ0) is 6.74. The van der Waals surface area contributed by atoms with Gasteiger partial charge in [0.1, 0.15) is 12.4 Å². The van der Waals surface area contributed by atoms with Gasteiger partial charge in [0.15, 0.2) is 0 Å². The molecule has 1 rings (SSSR count). The zero-order valence-electron chi connectivity index (χ0n) is 5.85. The molecule has 0 unspecified atom stereocenters. The standard InChI is InChI=1S/C6H12O3/c1-6(4-9-6)3-8-5-7-2/h3-5H2,1-2H3/t6-/m1/s1. The Labute approximate surface area is 54.9 Å². The minimum atomic E-state index is -0.00146. The molecular formula is C6H12O3. The van der Waals surface area contributed by atoms with Crippen LogP contribution in [0.3, 0.4) is 0 Å². The molecular weight excluding hydrogens is 120 g/mol. The van der Waals surface area contributed by atoms with E-state index in [4.69, 9.17) is 9.47 Å². The fraction of sp³-hybridized carbons (Fsp3) is 1.00. The first-order valence-electron chi connectivity index (χ1n) is 2.97. The first-order chi connectivity index (χ1) is 4.27. The van der Waals surface area contributed by atoms with Crippen LogP contribution in [0.2, 0.25) is 0 Å². The average molecular weight is 132 g/mol. The Hall–Kier alpha value is -0.120. The summed E-state index contributed by atoms with van der Waals surface area (Å²) in [5, 5.41) is 0. The number of hydrogen-bond donors (Lipinski definition) is 0. The zero-order valence-corrected chi connectivity index (χ0v) is 5.85. The molecule has 9 heavy (non-hydrogen) atoms. The number of ether oxygens (including phenoxy) is 3. The van der Waals surface area contributed by atoms with Crippen LogP contribution in [0.15, 0.2) is 0 Å². The van der Waals surface area contributed by atoms with Gasteiger partial charge in [-0.25, -0.2) is 0 Å². The van der Waals surface area contributed by atoms with E-state index < -0.39 is 0 Å². The van der Waals surface area contributed by atoms with Gasteiger partial charge >= 0.3 is 0 Å². The third-order valence-electron chi connectivity index (χ3n) is 1.25. The molecule has 1 saturated heterocycles. The van der Waals surface area contributed by atoms with Gasteiger partial charge < -0.3 is 14.2 Å². The summed E-state index contributed by atoms with van der Waals surface area (Å²) in [4.78, 5) is 0. The van der Waals surface area contributed by atoms with E-state index in [-0.39, 0.29) is 5.60 Å². The van der Waals surface area contributed by atoms with Crippen molar-refractivity contribution in [3.05, 3.63) is 0 Å². The van der Waals surface area contributed by atoms with Crippen LogP contribution in [0.5, 0.6) is 0 Å². The van der Waals surface area contributed by atoms with Crippen LogP contribution >= 0.6 is 0 Å². The van der Waals surface area contributed by atoms with E-state index in [9.17, 15) is 0 Å². The van der Waals surface area contributed by atoms with Gasteiger partial charge in [-0.2, -0.15) is 0 Å². The maximum atomic E-state index is 5.06. The van der Waals surface area contributed by atoms with Gasteiger partial charge in [-0.05, 0) is 6.92 Å². The molecule has 1 aliphatic heterocycles. The molecule has 1 aliphatic rings. The minimum Gasteiger partial charge on any atom is -0.367 e. The van der Waals surface area contributed by atoms with E-state index in [0.29, 0.717) is 13.4 Å². The van der Waals surface area contributed by atoms with Gasteiger partial charge in [0.25, 0.3) is 0 Å². The maximum Gasteiger partial charge on any atom is 0.146 e. The van der Waals surface area contributed by atoms with Gasteiger partial charge in [0.2, 0.25) is 0 Å². The van der Waals surface area contributed by atoms with E-state index >= 15 is 0 Å². The number of methoxy groups -OCH3 is 1. The van der Waals surface area contributed by atoms with Crippen LogP contribution in [0, 0.1) is 0 Å². The summed E-state index contributed by atoms with van der Waals surface area (Å²) in [6.45, 7) is 3.83. The lowest BCUT2D eigenvalue weighted by Gasteiger charge is -2.04. The lowest BCUT2D eigenvalue weighted by molar-refractivity contribution is -0.0462. The van der Waals surface area contributed by atoms with Crippen LogP contribution in [0.1, 0.15) is 6.92 Å². The molecule has 1 atom stereocenters. The lowest BCUT2D eigenvalue weighted by Crippen LogP contribution is -2.15. The van der Waals surface area contributed by atoms with Crippen molar-refractivity contribution in [2.75, 3.05) is 27.1 Å². The second-order valence-electron chi connectivity index (χ2n) is 2.49. The number of rotatable bonds is 4. The largest absolute Gasteiger partial charge is 0.367 e. The fourth-order valence-electron chi connectivity index (χ4n) is 0.547. The first-order valence-corrected chi connectivity index (χ1v) is 2.97. The topological polar surface area (TPSA) is 31.0 Å². The van der Waals surface area contributed by atoms with Gasteiger partial charge in [0, 0.05) is 7.11 Å². The van der Waals surface area contributed by atoms with Crippen molar-refractivity contribution in [3.63, 3.8) is 0 Å².